The van der Waals surface area contributed by atoms with Gasteiger partial charge in [-0.05, 0) is 54.8 Å². The minimum Gasteiger partial charge on any atom is -0.431 e. The fraction of sp³-hybridized carbons (Fsp3) is 0.259. The number of benzene rings is 2. The van der Waals surface area contributed by atoms with Crippen LogP contribution in [0.25, 0.3) is 0 Å². The molecule has 43 heavy (non-hydrogen) atoms. The Hall–Kier alpha value is -1.66. The maximum atomic E-state index is 14.4. The average Bonchev–Trinajstić information content (AvgIpc) is 2.96. The van der Waals surface area contributed by atoms with E-state index in [0.29, 0.717) is 24.2 Å². The van der Waals surface area contributed by atoms with E-state index in [9.17, 15) is 19.2 Å². The number of fused-ring (bicyclic) bond motifs is 3. The molecule has 0 aliphatic heterocycles. The summed E-state index contributed by atoms with van der Waals surface area (Å²) in [6.07, 6.45) is 0.123. The van der Waals surface area contributed by atoms with Gasteiger partial charge in [0.25, 0.3) is 5.91 Å². The second kappa shape index (κ2) is 12.6. The van der Waals surface area contributed by atoms with Gasteiger partial charge < -0.3 is 19.7 Å². The van der Waals surface area contributed by atoms with Crippen molar-refractivity contribution in [3.8, 4) is 11.5 Å². The lowest BCUT2D eigenvalue weighted by Crippen LogP contribution is -2.61. The normalized spacial score (nSPS) is 24.4. The van der Waals surface area contributed by atoms with Crippen molar-refractivity contribution in [2.75, 3.05) is 5.32 Å². The van der Waals surface area contributed by atoms with Gasteiger partial charge in [0, 0.05) is 12.0 Å². The third-order valence-electron chi connectivity index (χ3n) is 8.16. The van der Waals surface area contributed by atoms with Crippen LogP contribution in [0.5, 0.6) is 11.5 Å². The zero-order valence-electron chi connectivity index (χ0n) is 22.4. The second-order valence-electron chi connectivity index (χ2n) is 10.7. The van der Waals surface area contributed by atoms with Crippen molar-refractivity contribution < 1.29 is 36.2 Å². The van der Waals surface area contributed by atoms with Crippen LogP contribution in [0.4, 0.5) is 10.5 Å². The van der Waals surface area contributed by atoms with Gasteiger partial charge in [-0.25, -0.2) is 4.79 Å². The zero-order chi connectivity index (χ0) is 31.3. The Morgan fingerprint density at radius 1 is 1.02 bits per heavy atom. The standard InChI is InChI=1S/C27H21BI4N2O9/c1-11-2-5-14(6-3-11)39-25(38)34-15-7-4-12-8-13-9-26(28)10-16(40-29)19(24(33)37)22(36)27(26,43-32)23(42-31)18(13)20(35)17(12)21(15)41-30/h2-7,13H,8-10,28H2,1H3,(H2,33,37)(H,34,38)/t13?,26-,27-/m1/s1. The number of halogens is 4. The van der Waals surface area contributed by atoms with Crippen LogP contribution in [0.2, 0.25) is 5.31 Å². The molecule has 1 unspecified atom stereocenters. The fourth-order valence-corrected chi connectivity index (χ4v) is 8.58. The second-order valence-corrected chi connectivity index (χ2v) is 12.5. The smallest absolute Gasteiger partial charge is 0.417 e. The molecular weight excluding hydrogens is 1010 g/mol. The van der Waals surface area contributed by atoms with Gasteiger partial charge in [-0.15, -0.1) is 0 Å². The number of ketones is 2. The molecule has 2 aromatic carbocycles. The van der Waals surface area contributed by atoms with E-state index in [1.165, 1.54) is 0 Å². The van der Waals surface area contributed by atoms with Gasteiger partial charge in [-0.2, -0.15) is 0 Å². The van der Waals surface area contributed by atoms with Crippen molar-refractivity contribution >= 4 is 129 Å². The van der Waals surface area contributed by atoms with Gasteiger partial charge in [0.05, 0.1) is 11.3 Å². The van der Waals surface area contributed by atoms with Gasteiger partial charge >= 0.3 is 6.09 Å². The molecule has 3 aliphatic rings. The molecule has 0 saturated carbocycles. The lowest BCUT2D eigenvalue weighted by atomic mass is 9.44. The topological polar surface area (TPSA) is 152 Å². The van der Waals surface area contributed by atoms with E-state index in [2.05, 4.69) is 5.32 Å². The van der Waals surface area contributed by atoms with Crippen LogP contribution in [-0.2, 0) is 25.2 Å². The van der Waals surface area contributed by atoms with Gasteiger partial charge in [0.1, 0.15) is 47.9 Å². The molecule has 11 nitrogen and oxygen atoms in total. The maximum absolute atomic E-state index is 14.4. The first-order valence-electron chi connectivity index (χ1n) is 12.7. The highest BCUT2D eigenvalue weighted by atomic mass is 127. The van der Waals surface area contributed by atoms with Crippen LogP contribution < -0.4 is 18.9 Å². The lowest BCUT2D eigenvalue weighted by Gasteiger charge is -2.54. The Labute approximate surface area is 303 Å². The minimum absolute atomic E-state index is 0.00953. The predicted octanol–water partition coefficient (Wildman–Crippen LogP) is 5.69. The summed E-state index contributed by atoms with van der Waals surface area (Å²) in [5.74, 6) is -1.93. The van der Waals surface area contributed by atoms with Crippen LogP contribution in [0.3, 0.4) is 0 Å². The molecule has 3 N–H and O–H groups in total. The number of anilines is 1. The minimum atomic E-state index is -1.84. The molecular formula is C27H21BI4N2O9. The maximum Gasteiger partial charge on any atom is 0.417 e. The number of hydrogen-bond acceptors (Lipinski definition) is 9. The van der Waals surface area contributed by atoms with Crippen molar-refractivity contribution in [3.05, 3.63) is 75.8 Å². The number of nitrogens with two attached hydrogens (primary N) is 1. The molecule has 2 amide bonds. The molecule has 3 aliphatic carbocycles. The Morgan fingerprint density at radius 3 is 2.30 bits per heavy atom. The van der Waals surface area contributed by atoms with E-state index in [-0.39, 0.29) is 52.0 Å². The summed E-state index contributed by atoms with van der Waals surface area (Å²) < 4.78 is 28.2. The highest BCUT2D eigenvalue weighted by Gasteiger charge is 2.68. The Balaban J connectivity index is 1.61. The SMILES string of the molecule is B[C@]12CC(OI)=C(C(N)=O)C(=O)[C@@]1(OI)C(OI)=C1C(=O)c3c(ccc(NC(=O)Oc4ccc(C)cc4)c3OI)CC1C2. The van der Waals surface area contributed by atoms with Crippen LogP contribution in [0.15, 0.2) is 59.1 Å². The summed E-state index contributed by atoms with van der Waals surface area (Å²) in [6.45, 7) is 1.92. The third kappa shape index (κ3) is 5.35. The van der Waals surface area contributed by atoms with Crippen molar-refractivity contribution in [3.63, 3.8) is 0 Å². The molecule has 0 spiro atoms. The molecule has 0 bridgehead atoms. The summed E-state index contributed by atoms with van der Waals surface area (Å²) >= 11 is 6.50. The number of aryl methyl sites for hydroxylation is 1. The monoisotopic (exact) mass is 1040 g/mol. The molecule has 0 aromatic heterocycles. The number of amides is 2. The average molecular weight is 1040 g/mol. The number of rotatable bonds is 7. The predicted molar refractivity (Wildman–Crippen MR) is 190 cm³/mol. The number of carbonyl (C=O) groups excluding carboxylic acids is 4. The molecule has 2 aromatic rings. The summed E-state index contributed by atoms with van der Waals surface area (Å²) in [7, 11) is 1.84. The molecule has 0 saturated heterocycles. The van der Waals surface area contributed by atoms with Crippen molar-refractivity contribution in [2.24, 2.45) is 11.7 Å². The Kier molecular flexibility index (Phi) is 9.61. The van der Waals surface area contributed by atoms with Crippen molar-refractivity contribution in [1.29, 1.82) is 0 Å². The van der Waals surface area contributed by atoms with Gasteiger partial charge in [-0.3, -0.25) is 22.8 Å². The third-order valence-corrected chi connectivity index (χ3v) is 10.2. The van der Waals surface area contributed by atoms with Crippen LogP contribution in [-0.4, -0.2) is 37.0 Å². The van der Waals surface area contributed by atoms with Crippen molar-refractivity contribution in [1.82, 2.24) is 0 Å². The Bertz CT molecular complexity index is 1630. The zero-order valence-corrected chi connectivity index (χ0v) is 31.1. The fourth-order valence-electron chi connectivity index (χ4n) is 6.26. The first kappa shape index (κ1) is 32.7. The van der Waals surface area contributed by atoms with E-state index in [4.69, 9.17) is 22.7 Å². The quantitative estimate of drug-likeness (QED) is 0.203. The number of Topliss-reactive ketones (excluding diaryl/α,β-unsaturated/α-hetero) is 2. The van der Waals surface area contributed by atoms with E-state index < -0.39 is 34.5 Å². The largest absolute Gasteiger partial charge is 0.431 e. The van der Waals surface area contributed by atoms with Crippen molar-refractivity contribution in [2.45, 2.75) is 37.1 Å². The van der Waals surface area contributed by atoms with E-state index in [1.54, 1.807) is 116 Å². The molecule has 3 atom stereocenters. The number of hydrogen-bond donors (Lipinski definition) is 2. The lowest BCUT2D eigenvalue weighted by molar-refractivity contribution is -0.135. The number of ether oxygens (including phenoxy) is 1. The van der Waals surface area contributed by atoms with E-state index in [1.807, 2.05) is 26.9 Å². The van der Waals surface area contributed by atoms with Crippen LogP contribution >= 0.6 is 92.0 Å². The molecule has 0 fully saturated rings. The molecule has 224 valence electrons. The first-order chi connectivity index (χ1) is 20.5. The molecule has 0 heterocycles. The summed E-state index contributed by atoms with van der Waals surface area (Å²) in [6, 6.07) is 10.4. The van der Waals surface area contributed by atoms with Gasteiger partial charge in [-0.1, -0.05) is 23.8 Å². The number of allylic oxidation sites excluding steroid dienone is 2. The molecule has 5 rings (SSSR count). The van der Waals surface area contributed by atoms with Crippen LogP contribution in [0.1, 0.15) is 34.3 Å². The Morgan fingerprint density at radius 2 is 1.72 bits per heavy atom. The number of carbonyl (C=O) groups is 4. The summed E-state index contributed by atoms with van der Waals surface area (Å²) in [5, 5.41) is 1.70. The van der Waals surface area contributed by atoms with Gasteiger partial charge in [0.2, 0.25) is 11.4 Å². The first-order valence-corrected chi connectivity index (χ1v) is 16.2. The molecule has 16 heteroatoms. The number of nitrogens with one attached hydrogen (secondary N) is 1. The summed E-state index contributed by atoms with van der Waals surface area (Å²) in [5.41, 5.74) is 5.79. The number of primary amides is 1. The van der Waals surface area contributed by atoms with E-state index in [0.717, 1.165) is 5.56 Å². The highest BCUT2D eigenvalue weighted by Crippen LogP contribution is 2.64. The molecule has 0 radical (unpaired) electrons. The summed E-state index contributed by atoms with van der Waals surface area (Å²) in [4.78, 5) is 53.7. The van der Waals surface area contributed by atoms with Crippen LogP contribution in [0, 0.1) is 12.8 Å². The van der Waals surface area contributed by atoms with E-state index >= 15 is 0 Å². The van der Waals surface area contributed by atoms with Gasteiger partial charge in [0.15, 0.2) is 86.3 Å². The highest BCUT2D eigenvalue weighted by molar-refractivity contribution is 14.1.